The number of carbonyl (C=O) groups is 2. The number of Topliss-reactive ketones (excluding diaryl/α,β-unsaturated/α-hetero) is 1. The average molecular weight is 432 g/mol. The molecule has 0 radical (unpaired) electrons. The third kappa shape index (κ3) is 4.89. The molecule has 1 saturated heterocycles. The normalized spacial score (nSPS) is 19.5. The fourth-order valence-corrected chi connectivity index (χ4v) is 5.66. The molecule has 1 aliphatic heterocycles. The molecule has 0 bridgehead atoms. The Morgan fingerprint density at radius 2 is 2.07 bits per heavy atom. The van der Waals surface area contributed by atoms with Crippen molar-refractivity contribution in [3.05, 3.63) is 24.3 Å². The zero-order chi connectivity index (χ0) is 21.9. The predicted octanol–water partition coefficient (Wildman–Crippen LogP) is 4.54. The van der Waals surface area contributed by atoms with E-state index in [0.717, 1.165) is 43.4 Å². The zero-order valence-corrected chi connectivity index (χ0v) is 19.2. The molecule has 3 rings (SSSR count). The number of hydrogen-bond donors (Lipinski definition) is 2. The van der Waals surface area contributed by atoms with Gasteiger partial charge in [0, 0.05) is 6.42 Å². The van der Waals surface area contributed by atoms with Crippen LogP contribution in [0.15, 0.2) is 29.4 Å². The molecule has 2 N–H and O–H groups in total. The van der Waals surface area contributed by atoms with Gasteiger partial charge in [0.1, 0.15) is 11.8 Å². The number of fused-ring (bicyclic) bond motifs is 1. The number of benzene rings is 1. The summed E-state index contributed by atoms with van der Waals surface area (Å²) in [7, 11) is 0. The van der Waals surface area contributed by atoms with Crippen LogP contribution in [0.3, 0.4) is 0 Å². The summed E-state index contributed by atoms with van der Waals surface area (Å²) in [5.41, 5.74) is 1.05. The number of thioether (sulfide) groups is 1. The summed E-state index contributed by atoms with van der Waals surface area (Å²) < 4.78 is 1.84. The minimum atomic E-state index is -0.886. The zero-order valence-electron chi connectivity index (χ0n) is 18.4. The summed E-state index contributed by atoms with van der Waals surface area (Å²) in [5, 5.41) is 13.9. The quantitative estimate of drug-likeness (QED) is 0.597. The van der Waals surface area contributed by atoms with Crippen LogP contribution in [0.1, 0.15) is 59.4 Å². The maximum Gasteiger partial charge on any atom is 0.327 e. The maximum absolute atomic E-state index is 13.1. The van der Waals surface area contributed by atoms with Crippen molar-refractivity contribution in [1.29, 1.82) is 0 Å². The Kier molecular flexibility index (Phi) is 7.24. The van der Waals surface area contributed by atoms with Crippen molar-refractivity contribution in [3.63, 3.8) is 0 Å². The molecule has 164 valence electrons. The molecule has 0 aliphatic carbocycles. The first-order chi connectivity index (χ1) is 14.2. The highest BCUT2D eigenvalue weighted by Gasteiger charge is 2.38. The standard InChI is InChI=1S/C23H33N3O3S/c1-5-9-18(27)19(15-10-8-13-24-14-15)30-22-25-16-11-6-7-12-17(16)26(22)20(21(28)29)23(2,3)4/h6-7,11-12,15,19-20,24H,5,8-10,13-14H2,1-4H3,(H,28,29). The summed E-state index contributed by atoms with van der Waals surface area (Å²) in [6, 6.07) is 6.85. The van der Waals surface area contributed by atoms with Crippen LogP contribution in [0.25, 0.3) is 11.0 Å². The van der Waals surface area contributed by atoms with Gasteiger partial charge in [0.15, 0.2) is 5.16 Å². The van der Waals surface area contributed by atoms with Crippen LogP contribution >= 0.6 is 11.8 Å². The molecule has 1 aromatic carbocycles. The second-order valence-corrected chi connectivity index (χ2v) is 10.3. The number of piperidine rings is 1. The number of nitrogens with one attached hydrogen (secondary N) is 1. The van der Waals surface area contributed by atoms with Gasteiger partial charge in [-0.3, -0.25) is 4.79 Å². The maximum atomic E-state index is 13.1. The van der Waals surface area contributed by atoms with Gasteiger partial charge in [-0.1, -0.05) is 51.6 Å². The number of aliphatic carboxylic acids is 1. The largest absolute Gasteiger partial charge is 0.480 e. The third-order valence-electron chi connectivity index (χ3n) is 5.69. The van der Waals surface area contributed by atoms with Crippen LogP contribution < -0.4 is 5.32 Å². The molecular formula is C23H33N3O3S. The van der Waals surface area contributed by atoms with E-state index < -0.39 is 17.4 Å². The Hall–Kier alpha value is -1.86. The van der Waals surface area contributed by atoms with Crippen molar-refractivity contribution in [2.24, 2.45) is 11.3 Å². The van der Waals surface area contributed by atoms with Gasteiger partial charge in [0.25, 0.3) is 0 Å². The van der Waals surface area contributed by atoms with Gasteiger partial charge in [0.05, 0.1) is 16.3 Å². The van der Waals surface area contributed by atoms with Gasteiger partial charge >= 0.3 is 5.97 Å². The number of aromatic nitrogens is 2. The third-order valence-corrected chi connectivity index (χ3v) is 7.09. The predicted molar refractivity (Wildman–Crippen MR) is 121 cm³/mol. The number of carbonyl (C=O) groups excluding carboxylic acids is 1. The van der Waals surface area contributed by atoms with E-state index in [0.29, 0.717) is 11.6 Å². The molecule has 2 aromatic rings. The highest BCUT2D eigenvalue weighted by Crippen LogP contribution is 2.40. The van der Waals surface area contributed by atoms with Gasteiger partial charge in [-0.25, -0.2) is 9.78 Å². The Morgan fingerprint density at radius 1 is 1.33 bits per heavy atom. The van der Waals surface area contributed by atoms with Gasteiger partial charge < -0.3 is 15.0 Å². The number of rotatable bonds is 8. The molecule has 6 nitrogen and oxygen atoms in total. The van der Waals surface area contributed by atoms with Crippen molar-refractivity contribution < 1.29 is 14.7 Å². The molecule has 7 heteroatoms. The SMILES string of the molecule is CCCC(=O)C(Sc1nc2ccccc2n1C(C(=O)O)C(C)(C)C)C1CCCNC1. The van der Waals surface area contributed by atoms with E-state index in [2.05, 4.69) is 5.32 Å². The number of ketones is 1. The number of carboxylic acids is 1. The first-order valence-electron chi connectivity index (χ1n) is 10.8. The lowest BCUT2D eigenvalue weighted by atomic mass is 9.86. The second-order valence-electron chi connectivity index (χ2n) is 9.22. The molecule has 1 fully saturated rings. The Labute approximate surface area is 182 Å². The van der Waals surface area contributed by atoms with E-state index in [1.807, 2.05) is 56.5 Å². The summed E-state index contributed by atoms with van der Waals surface area (Å²) in [4.78, 5) is 30.2. The fraction of sp³-hybridized carbons (Fsp3) is 0.609. The Balaban J connectivity index is 2.09. The van der Waals surface area contributed by atoms with E-state index in [1.54, 1.807) is 0 Å². The van der Waals surface area contributed by atoms with Crippen LogP contribution in [0.4, 0.5) is 0 Å². The average Bonchev–Trinajstić information content (AvgIpc) is 3.03. The van der Waals surface area contributed by atoms with Crippen LogP contribution in [0.5, 0.6) is 0 Å². The molecule has 3 atom stereocenters. The van der Waals surface area contributed by atoms with E-state index in [1.165, 1.54) is 11.8 Å². The summed E-state index contributed by atoms with van der Waals surface area (Å²) in [5.74, 6) is -0.422. The molecule has 0 spiro atoms. The first-order valence-corrected chi connectivity index (χ1v) is 11.7. The van der Waals surface area contributed by atoms with Crippen LogP contribution in [-0.2, 0) is 9.59 Å². The molecule has 1 aliphatic rings. The molecule has 3 unspecified atom stereocenters. The van der Waals surface area contributed by atoms with Crippen LogP contribution in [0, 0.1) is 11.3 Å². The molecule has 30 heavy (non-hydrogen) atoms. The van der Waals surface area contributed by atoms with Crippen molar-refractivity contribution in [2.75, 3.05) is 13.1 Å². The number of imidazole rings is 1. The first kappa shape index (κ1) is 22.8. The van der Waals surface area contributed by atoms with Gasteiger partial charge in [-0.2, -0.15) is 0 Å². The van der Waals surface area contributed by atoms with Crippen molar-refractivity contribution in [1.82, 2.24) is 14.9 Å². The van der Waals surface area contributed by atoms with E-state index in [4.69, 9.17) is 4.98 Å². The number of para-hydroxylation sites is 2. The highest BCUT2D eigenvalue weighted by molar-refractivity contribution is 8.00. The molecule has 0 amide bonds. The summed E-state index contributed by atoms with van der Waals surface area (Å²) in [6.07, 6.45) is 3.40. The lowest BCUT2D eigenvalue weighted by Crippen LogP contribution is -2.39. The minimum absolute atomic E-state index is 0.220. The molecule has 0 saturated carbocycles. The van der Waals surface area contributed by atoms with Crippen LogP contribution in [-0.4, -0.2) is 44.7 Å². The van der Waals surface area contributed by atoms with Crippen molar-refractivity contribution in [2.45, 2.75) is 69.8 Å². The van der Waals surface area contributed by atoms with Crippen molar-refractivity contribution >= 4 is 34.5 Å². The minimum Gasteiger partial charge on any atom is -0.480 e. The fourth-order valence-electron chi connectivity index (χ4n) is 4.29. The van der Waals surface area contributed by atoms with E-state index in [9.17, 15) is 14.7 Å². The molecule has 1 aromatic heterocycles. The lowest BCUT2D eigenvalue weighted by molar-refractivity contribution is -0.144. The molecule has 2 heterocycles. The summed E-state index contributed by atoms with van der Waals surface area (Å²) >= 11 is 1.46. The topological polar surface area (TPSA) is 84.2 Å². The van der Waals surface area contributed by atoms with Gasteiger partial charge in [0.2, 0.25) is 0 Å². The molecular weight excluding hydrogens is 398 g/mol. The number of nitrogens with zero attached hydrogens (tertiary/aromatic N) is 2. The Bertz CT molecular complexity index is 897. The monoisotopic (exact) mass is 431 g/mol. The highest BCUT2D eigenvalue weighted by atomic mass is 32.2. The van der Waals surface area contributed by atoms with Gasteiger partial charge in [-0.05, 0) is 55.8 Å². The van der Waals surface area contributed by atoms with Gasteiger partial charge in [-0.15, -0.1) is 0 Å². The lowest BCUT2D eigenvalue weighted by Gasteiger charge is -2.32. The van der Waals surface area contributed by atoms with E-state index >= 15 is 0 Å². The van der Waals surface area contributed by atoms with Crippen molar-refractivity contribution in [3.8, 4) is 0 Å². The number of carboxylic acid groups (broad SMARTS) is 1. The smallest absolute Gasteiger partial charge is 0.327 e. The number of hydrogen-bond acceptors (Lipinski definition) is 5. The van der Waals surface area contributed by atoms with Crippen LogP contribution in [0.2, 0.25) is 0 Å². The van der Waals surface area contributed by atoms with E-state index in [-0.39, 0.29) is 17.0 Å². The summed E-state index contributed by atoms with van der Waals surface area (Å²) in [6.45, 7) is 9.61. The Morgan fingerprint density at radius 3 is 2.67 bits per heavy atom. The second kappa shape index (κ2) is 9.52.